The zero-order valence-corrected chi connectivity index (χ0v) is 11.4. The minimum atomic E-state index is -0.142. The van der Waals surface area contributed by atoms with E-state index in [1.54, 1.807) is 4.90 Å². The van der Waals surface area contributed by atoms with Gasteiger partial charge in [0.1, 0.15) is 11.0 Å². The molecule has 0 bridgehead atoms. The molecule has 0 radical (unpaired) electrons. The molecule has 6 heteroatoms. The van der Waals surface area contributed by atoms with Gasteiger partial charge < -0.3 is 15.7 Å². The van der Waals surface area contributed by atoms with E-state index in [-0.39, 0.29) is 29.5 Å². The number of aliphatic hydroxyl groups excluding tert-OH is 1. The number of anilines is 1. The van der Waals surface area contributed by atoms with Crippen molar-refractivity contribution in [2.45, 2.75) is 31.7 Å². The molecule has 1 aliphatic heterocycles. The molecule has 1 aromatic rings. The first kappa shape index (κ1) is 14.1. The van der Waals surface area contributed by atoms with Crippen LogP contribution in [0.2, 0.25) is 5.15 Å². The van der Waals surface area contributed by atoms with Gasteiger partial charge in [0.2, 0.25) is 0 Å². The summed E-state index contributed by atoms with van der Waals surface area (Å²) in [5.74, 6) is 0.0863. The van der Waals surface area contributed by atoms with Gasteiger partial charge in [0, 0.05) is 12.1 Å². The van der Waals surface area contributed by atoms with Crippen molar-refractivity contribution in [3.8, 4) is 0 Å². The lowest BCUT2D eigenvalue weighted by molar-refractivity contribution is 0.0600. The Kier molecular flexibility index (Phi) is 4.61. The third kappa shape index (κ3) is 3.36. The smallest absolute Gasteiger partial charge is 0.254 e. The van der Waals surface area contributed by atoms with Gasteiger partial charge in [0.05, 0.1) is 12.6 Å². The summed E-state index contributed by atoms with van der Waals surface area (Å²) in [5, 5.41) is 9.64. The molecule has 2 rings (SSSR count). The molecule has 1 saturated heterocycles. The van der Waals surface area contributed by atoms with E-state index >= 15 is 0 Å². The van der Waals surface area contributed by atoms with Crippen molar-refractivity contribution in [3.63, 3.8) is 0 Å². The van der Waals surface area contributed by atoms with Crippen LogP contribution in [0.15, 0.2) is 12.1 Å². The maximum Gasteiger partial charge on any atom is 0.254 e. The van der Waals surface area contributed by atoms with Crippen molar-refractivity contribution in [2.75, 3.05) is 18.9 Å². The zero-order chi connectivity index (χ0) is 13.8. The quantitative estimate of drug-likeness (QED) is 0.810. The average Bonchev–Trinajstić information content (AvgIpc) is 2.61. The molecule has 0 aliphatic carbocycles. The van der Waals surface area contributed by atoms with Crippen molar-refractivity contribution in [3.05, 3.63) is 22.8 Å². The van der Waals surface area contributed by atoms with Crippen LogP contribution in [0.3, 0.4) is 0 Å². The molecule has 1 fully saturated rings. The second kappa shape index (κ2) is 6.21. The van der Waals surface area contributed by atoms with Crippen molar-refractivity contribution in [1.29, 1.82) is 0 Å². The number of amides is 1. The lowest BCUT2D eigenvalue weighted by Crippen LogP contribution is -2.42. The van der Waals surface area contributed by atoms with Gasteiger partial charge in [-0.2, -0.15) is 0 Å². The molecule has 1 aliphatic rings. The number of aromatic nitrogens is 1. The van der Waals surface area contributed by atoms with E-state index in [0.29, 0.717) is 12.1 Å². The average molecular weight is 284 g/mol. The normalized spacial score (nSPS) is 20.1. The second-order valence-electron chi connectivity index (χ2n) is 4.79. The summed E-state index contributed by atoms with van der Waals surface area (Å²) in [6.45, 7) is 0.643. The number of carbonyl (C=O) groups is 1. The van der Waals surface area contributed by atoms with E-state index < -0.39 is 0 Å². The van der Waals surface area contributed by atoms with E-state index in [9.17, 15) is 9.90 Å². The number of nitrogens with two attached hydrogens (primary N) is 1. The summed E-state index contributed by atoms with van der Waals surface area (Å²) in [6, 6.07) is 2.91. The fourth-order valence-electron chi connectivity index (χ4n) is 2.44. The number of pyridine rings is 1. The highest BCUT2D eigenvalue weighted by molar-refractivity contribution is 6.29. The third-order valence-corrected chi connectivity index (χ3v) is 3.60. The van der Waals surface area contributed by atoms with Crippen LogP contribution in [-0.2, 0) is 0 Å². The minimum absolute atomic E-state index is 0.0139. The zero-order valence-electron chi connectivity index (χ0n) is 10.7. The Balaban J connectivity index is 2.25. The third-order valence-electron chi connectivity index (χ3n) is 3.41. The summed E-state index contributed by atoms with van der Waals surface area (Å²) in [4.78, 5) is 18.1. The van der Waals surface area contributed by atoms with Gasteiger partial charge in [-0.15, -0.1) is 0 Å². The second-order valence-corrected chi connectivity index (χ2v) is 5.17. The van der Waals surface area contributed by atoms with Gasteiger partial charge in [-0.1, -0.05) is 24.4 Å². The lowest BCUT2D eigenvalue weighted by Gasteiger charge is -2.28. The van der Waals surface area contributed by atoms with Crippen LogP contribution < -0.4 is 5.73 Å². The number of nitrogens with zero attached hydrogens (tertiary/aromatic N) is 2. The molecule has 1 atom stereocenters. The van der Waals surface area contributed by atoms with Gasteiger partial charge in [-0.25, -0.2) is 4.98 Å². The van der Waals surface area contributed by atoms with Crippen molar-refractivity contribution >= 4 is 23.3 Å². The van der Waals surface area contributed by atoms with E-state index in [1.165, 1.54) is 12.1 Å². The Labute approximate surface area is 117 Å². The Morgan fingerprint density at radius 2 is 2.26 bits per heavy atom. The standard InChI is InChI=1S/C13H18ClN3O2/c14-11-6-9(7-12(15)16-11)13(19)17-5-3-1-2-4-10(17)8-18/h6-7,10,18H,1-5,8H2,(H2,15,16). The largest absolute Gasteiger partial charge is 0.394 e. The van der Waals surface area contributed by atoms with E-state index in [0.717, 1.165) is 25.7 Å². The molecule has 0 spiro atoms. The van der Waals surface area contributed by atoms with Crippen LogP contribution in [-0.4, -0.2) is 40.1 Å². The lowest BCUT2D eigenvalue weighted by atomic mass is 10.1. The minimum Gasteiger partial charge on any atom is -0.394 e. The molecule has 19 heavy (non-hydrogen) atoms. The number of hydrogen-bond donors (Lipinski definition) is 2. The van der Waals surface area contributed by atoms with Gasteiger partial charge in [-0.3, -0.25) is 4.79 Å². The number of likely N-dealkylation sites (tertiary alicyclic amines) is 1. The van der Waals surface area contributed by atoms with Crippen LogP contribution in [0.1, 0.15) is 36.0 Å². The number of rotatable bonds is 2. The molecule has 1 aromatic heterocycles. The molecule has 3 N–H and O–H groups in total. The fourth-order valence-corrected chi connectivity index (χ4v) is 2.66. The Hall–Kier alpha value is -1.33. The van der Waals surface area contributed by atoms with E-state index in [1.807, 2.05) is 0 Å². The van der Waals surface area contributed by atoms with Crippen LogP contribution in [0.5, 0.6) is 0 Å². The molecule has 1 amide bonds. The highest BCUT2D eigenvalue weighted by atomic mass is 35.5. The SMILES string of the molecule is Nc1cc(C(=O)N2CCCCCC2CO)cc(Cl)n1. The molecule has 2 heterocycles. The molecule has 104 valence electrons. The predicted octanol–water partition coefficient (Wildman–Crippen LogP) is 1.69. The highest BCUT2D eigenvalue weighted by Gasteiger charge is 2.26. The molecule has 5 nitrogen and oxygen atoms in total. The van der Waals surface area contributed by atoms with Crippen molar-refractivity contribution in [1.82, 2.24) is 9.88 Å². The van der Waals surface area contributed by atoms with Gasteiger partial charge >= 0.3 is 0 Å². The highest BCUT2D eigenvalue weighted by Crippen LogP contribution is 2.21. The number of nitrogen functional groups attached to an aromatic ring is 1. The number of aliphatic hydroxyl groups is 1. The summed E-state index contributed by atoms with van der Waals surface area (Å²) >= 11 is 5.82. The number of carbonyl (C=O) groups excluding carboxylic acids is 1. The van der Waals surface area contributed by atoms with Gasteiger partial charge in [0.15, 0.2) is 0 Å². The van der Waals surface area contributed by atoms with Gasteiger partial charge in [-0.05, 0) is 25.0 Å². The Morgan fingerprint density at radius 1 is 1.47 bits per heavy atom. The molecular formula is C13H18ClN3O2. The predicted molar refractivity (Wildman–Crippen MR) is 74.0 cm³/mol. The van der Waals surface area contributed by atoms with Crippen molar-refractivity contribution < 1.29 is 9.90 Å². The van der Waals surface area contributed by atoms with Crippen LogP contribution in [0.4, 0.5) is 5.82 Å². The molecule has 0 saturated carbocycles. The Morgan fingerprint density at radius 3 is 2.95 bits per heavy atom. The summed E-state index contributed by atoms with van der Waals surface area (Å²) in [5.41, 5.74) is 6.04. The number of halogens is 1. The monoisotopic (exact) mass is 283 g/mol. The van der Waals surface area contributed by atoms with Gasteiger partial charge in [0.25, 0.3) is 5.91 Å². The molecule has 1 unspecified atom stereocenters. The molecule has 0 aromatic carbocycles. The summed E-state index contributed by atoms with van der Waals surface area (Å²) < 4.78 is 0. The maximum atomic E-state index is 12.5. The molecular weight excluding hydrogens is 266 g/mol. The number of hydrogen-bond acceptors (Lipinski definition) is 4. The van der Waals surface area contributed by atoms with Crippen LogP contribution in [0.25, 0.3) is 0 Å². The van der Waals surface area contributed by atoms with Crippen LogP contribution in [0, 0.1) is 0 Å². The van der Waals surface area contributed by atoms with E-state index in [4.69, 9.17) is 17.3 Å². The summed E-state index contributed by atoms with van der Waals surface area (Å²) in [7, 11) is 0. The Bertz CT molecular complexity index is 447. The van der Waals surface area contributed by atoms with Crippen molar-refractivity contribution in [2.24, 2.45) is 0 Å². The summed E-state index contributed by atoms with van der Waals surface area (Å²) in [6.07, 6.45) is 3.90. The topological polar surface area (TPSA) is 79.5 Å². The van der Waals surface area contributed by atoms with Crippen LogP contribution >= 0.6 is 11.6 Å². The maximum absolute atomic E-state index is 12.5. The van der Waals surface area contributed by atoms with E-state index in [2.05, 4.69) is 4.98 Å². The first-order valence-electron chi connectivity index (χ1n) is 6.46. The fraction of sp³-hybridized carbons (Fsp3) is 0.538. The first-order valence-corrected chi connectivity index (χ1v) is 6.84. The first-order chi connectivity index (χ1) is 9.11.